The van der Waals surface area contributed by atoms with E-state index in [1.807, 2.05) is 12.3 Å². The summed E-state index contributed by atoms with van der Waals surface area (Å²) >= 11 is 0. The Labute approximate surface area is 222 Å². The lowest BCUT2D eigenvalue weighted by Crippen LogP contribution is -1.93. The van der Waals surface area contributed by atoms with E-state index in [-0.39, 0.29) is 0 Å². The molecule has 0 aliphatic heterocycles. The van der Waals surface area contributed by atoms with E-state index in [4.69, 9.17) is 4.98 Å². The third-order valence-electron chi connectivity index (χ3n) is 7.31. The fraction of sp³-hybridized carbons (Fsp3) is 0. The second kappa shape index (κ2) is 9.46. The summed E-state index contributed by atoms with van der Waals surface area (Å²) in [5, 5.41) is 5.00. The van der Waals surface area contributed by atoms with Gasteiger partial charge in [-0.2, -0.15) is 0 Å². The third kappa shape index (κ3) is 3.77. The van der Waals surface area contributed by atoms with Crippen molar-refractivity contribution in [3.63, 3.8) is 0 Å². The van der Waals surface area contributed by atoms with Crippen molar-refractivity contribution < 1.29 is 0 Å². The Morgan fingerprint density at radius 1 is 0.342 bits per heavy atom. The van der Waals surface area contributed by atoms with E-state index in [1.165, 1.54) is 49.4 Å². The highest BCUT2D eigenvalue weighted by Crippen LogP contribution is 2.45. The number of hydrogen-bond acceptors (Lipinski definition) is 1. The van der Waals surface area contributed by atoms with Crippen LogP contribution in [0.25, 0.3) is 66.2 Å². The van der Waals surface area contributed by atoms with Crippen LogP contribution in [0.3, 0.4) is 0 Å². The molecular formula is C37H25N. The predicted molar refractivity (Wildman–Crippen MR) is 161 cm³/mol. The lowest BCUT2D eigenvalue weighted by atomic mass is 9.85. The van der Waals surface area contributed by atoms with Crippen molar-refractivity contribution in [2.24, 2.45) is 0 Å². The summed E-state index contributed by atoms with van der Waals surface area (Å²) in [7, 11) is 0. The van der Waals surface area contributed by atoms with Gasteiger partial charge in [0.25, 0.3) is 0 Å². The molecule has 1 heterocycles. The summed E-state index contributed by atoms with van der Waals surface area (Å²) in [6, 6.07) is 51.8. The van der Waals surface area contributed by atoms with Crippen LogP contribution >= 0.6 is 0 Å². The first-order chi connectivity index (χ1) is 18.9. The number of nitrogens with zero attached hydrogens (tertiary/aromatic N) is 1. The molecule has 0 bridgehead atoms. The maximum absolute atomic E-state index is 4.88. The van der Waals surface area contributed by atoms with Crippen LogP contribution in [-0.4, -0.2) is 4.98 Å². The van der Waals surface area contributed by atoms with Gasteiger partial charge in [-0.3, -0.25) is 4.98 Å². The minimum Gasteiger partial charge on any atom is -0.256 e. The van der Waals surface area contributed by atoms with Gasteiger partial charge in [-0.15, -0.1) is 0 Å². The van der Waals surface area contributed by atoms with Gasteiger partial charge < -0.3 is 0 Å². The Balaban J connectivity index is 1.60. The molecule has 0 aliphatic carbocycles. The highest BCUT2D eigenvalue weighted by molar-refractivity contribution is 6.22. The molecule has 0 radical (unpaired) electrons. The van der Waals surface area contributed by atoms with Crippen LogP contribution in [0.2, 0.25) is 0 Å². The largest absolute Gasteiger partial charge is 0.256 e. The summed E-state index contributed by atoms with van der Waals surface area (Å²) in [6.07, 6.45) is 1.89. The van der Waals surface area contributed by atoms with E-state index in [2.05, 4.69) is 140 Å². The monoisotopic (exact) mass is 483 g/mol. The number of aromatic nitrogens is 1. The lowest BCUT2D eigenvalue weighted by Gasteiger charge is -2.19. The Kier molecular flexibility index (Phi) is 5.53. The highest BCUT2D eigenvalue weighted by atomic mass is 14.7. The van der Waals surface area contributed by atoms with Gasteiger partial charge in [-0.25, -0.2) is 0 Å². The van der Waals surface area contributed by atoms with Gasteiger partial charge >= 0.3 is 0 Å². The van der Waals surface area contributed by atoms with E-state index in [9.17, 15) is 0 Å². The Bertz CT molecular complexity index is 1890. The molecule has 0 saturated carbocycles. The predicted octanol–water partition coefficient (Wildman–Crippen LogP) is 10.1. The first-order valence-electron chi connectivity index (χ1n) is 13.0. The molecule has 178 valence electrons. The molecule has 38 heavy (non-hydrogen) atoms. The topological polar surface area (TPSA) is 12.9 Å². The molecular weight excluding hydrogens is 458 g/mol. The summed E-state index contributed by atoms with van der Waals surface area (Å²) < 4.78 is 0. The quantitative estimate of drug-likeness (QED) is 0.227. The molecule has 0 unspecified atom stereocenters. The van der Waals surface area contributed by atoms with Crippen molar-refractivity contribution in [3.05, 3.63) is 152 Å². The van der Waals surface area contributed by atoms with Crippen LogP contribution in [0.4, 0.5) is 0 Å². The van der Waals surface area contributed by atoms with Gasteiger partial charge in [-0.1, -0.05) is 133 Å². The van der Waals surface area contributed by atoms with E-state index < -0.39 is 0 Å². The van der Waals surface area contributed by atoms with Crippen molar-refractivity contribution in [3.8, 4) is 44.6 Å². The van der Waals surface area contributed by atoms with Crippen molar-refractivity contribution in [1.82, 2.24) is 4.98 Å². The van der Waals surface area contributed by atoms with E-state index >= 15 is 0 Å². The van der Waals surface area contributed by atoms with E-state index in [0.29, 0.717) is 0 Å². The number of rotatable bonds is 4. The molecule has 1 heteroatoms. The zero-order valence-corrected chi connectivity index (χ0v) is 20.9. The molecule has 7 rings (SSSR count). The maximum Gasteiger partial charge on any atom is 0.0780 e. The van der Waals surface area contributed by atoms with Crippen molar-refractivity contribution >= 4 is 21.5 Å². The highest BCUT2D eigenvalue weighted by Gasteiger charge is 2.18. The number of fused-ring (bicyclic) bond motifs is 2. The molecule has 1 aromatic heterocycles. The number of hydrogen-bond donors (Lipinski definition) is 0. The Hall–Kier alpha value is -5.01. The first-order valence-corrected chi connectivity index (χ1v) is 13.0. The van der Waals surface area contributed by atoms with Gasteiger partial charge in [0, 0.05) is 17.3 Å². The average molecular weight is 484 g/mol. The standard InChI is InChI=1S/C37H25N/c1-4-13-26(14-5-1)30-21-12-24-38-37(30)29-22-23-33-34(25-29)36(28-17-8-3-9-18-28)32-20-11-10-19-31(32)35(33)27-15-6-2-7-16-27/h1-25H. The van der Waals surface area contributed by atoms with Gasteiger partial charge in [0.2, 0.25) is 0 Å². The second-order valence-corrected chi connectivity index (χ2v) is 9.55. The molecule has 0 saturated heterocycles. The van der Waals surface area contributed by atoms with Crippen LogP contribution < -0.4 is 0 Å². The first kappa shape index (κ1) is 22.2. The van der Waals surface area contributed by atoms with Gasteiger partial charge in [0.15, 0.2) is 0 Å². The Morgan fingerprint density at radius 3 is 1.45 bits per heavy atom. The van der Waals surface area contributed by atoms with Crippen molar-refractivity contribution in [2.75, 3.05) is 0 Å². The fourth-order valence-corrected chi connectivity index (χ4v) is 5.64. The van der Waals surface area contributed by atoms with Gasteiger partial charge in [0.05, 0.1) is 5.69 Å². The van der Waals surface area contributed by atoms with Crippen molar-refractivity contribution in [2.45, 2.75) is 0 Å². The van der Waals surface area contributed by atoms with Gasteiger partial charge in [-0.05, 0) is 61.5 Å². The molecule has 6 aromatic carbocycles. The summed E-state index contributed by atoms with van der Waals surface area (Å²) in [6.45, 7) is 0. The number of benzene rings is 6. The summed E-state index contributed by atoms with van der Waals surface area (Å²) in [4.78, 5) is 4.88. The Morgan fingerprint density at radius 2 is 0.842 bits per heavy atom. The average Bonchev–Trinajstić information content (AvgIpc) is 3.01. The smallest absolute Gasteiger partial charge is 0.0780 e. The minimum absolute atomic E-state index is 0.994. The van der Waals surface area contributed by atoms with Crippen LogP contribution in [0.1, 0.15) is 0 Å². The minimum atomic E-state index is 0.994. The summed E-state index contributed by atoms with van der Waals surface area (Å²) in [5.74, 6) is 0. The molecule has 0 atom stereocenters. The van der Waals surface area contributed by atoms with E-state index in [1.54, 1.807) is 0 Å². The van der Waals surface area contributed by atoms with Crippen LogP contribution in [0, 0.1) is 0 Å². The second-order valence-electron chi connectivity index (χ2n) is 9.55. The lowest BCUT2D eigenvalue weighted by molar-refractivity contribution is 1.33. The third-order valence-corrected chi connectivity index (χ3v) is 7.31. The molecule has 0 N–H and O–H groups in total. The van der Waals surface area contributed by atoms with E-state index in [0.717, 1.165) is 16.8 Å². The zero-order chi connectivity index (χ0) is 25.3. The van der Waals surface area contributed by atoms with Crippen LogP contribution in [-0.2, 0) is 0 Å². The zero-order valence-electron chi connectivity index (χ0n) is 20.9. The molecule has 0 fully saturated rings. The van der Waals surface area contributed by atoms with Crippen molar-refractivity contribution in [1.29, 1.82) is 0 Å². The molecule has 0 aliphatic rings. The molecule has 0 amide bonds. The normalized spacial score (nSPS) is 11.2. The molecule has 1 nitrogen and oxygen atoms in total. The SMILES string of the molecule is c1ccc(-c2cccnc2-c2ccc3c(-c4ccccc4)c4ccccc4c(-c4ccccc4)c3c2)cc1. The van der Waals surface area contributed by atoms with Crippen LogP contribution in [0.15, 0.2) is 152 Å². The maximum atomic E-state index is 4.88. The molecule has 7 aromatic rings. The van der Waals surface area contributed by atoms with Gasteiger partial charge in [0.1, 0.15) is 0 Å². The summed E-state index contributed by atoms with van der Waals surface area (Å²) in [5.41, 5.74) is 9.39. The van der Waals surface area contributed by atoms with Crippen LogP contribution in [0.5, 0.6) is 0 Å². The molecule has 0 spiro atoms. The fourth-order valence-electron chi connectivity index (χ4n) is 5.64. The number of pyridine rings is 1.